The van der Waals surface area contributed by atoms with E-state index in [9.17, 15) is 9.59 Å². The van der Waals surface area contributed by atoms with E-state index < -0.39 is 5.41 Å². The Hall–Kier alpha value is -1.40. The van der Waals surface area contributed by atoms with Gasteiger partial charge in [0.1, 0.15) is 0 Å². The van der Waals surface area contributed by atoms with Crippen LogP contribution in [-0.4, -0.2) is 50.3 Å². The predicted octanol–water partition coefficient (Wildman–Crippen LogP) is 7.07. The first-order chi connectivity index (χ1) is 17.3. The van der Waals surface area contributed by atoms with Crippen LogP contribution in [0.25, 0.3) is 0 Å². The zero-order valence-electron chi connectivity index (χ0n) is 27.0. The molecule has 0 fully saturated rings. The van der Waals surface area contributed by atoms with E-state index in [2.05, 4.69) is 78.2 Å². The summed E-state index contributed by atoms with van der Waals surface area (Å²) in [5, 5.41) is 6.11. The molecule has 2 amide bonds. The van der Waals surface area contributed by atoms with E-state index in [1.807, 2.05) is 27.7 Å². The van der Waals surface area contributed by atoms with Gasteiger partial charge < -0.3 is 20.1 Å². The van der Waals surface area contributed by atoms with Crippen LogP contribution in [-0.2, 0) is 19.1 Å². The van der Waals surface area contributed by atoms with Gasteiger partial charge in [0.2, 0.25) is 11.8 Å². The third-order valence-corrected chi connectivity index (χ3v) is 6.50. The van der Waals surface area contributed by atoms with Crippen LogP contribution in [0.1, 0.15) is 122 Å². The van der Waals surface area contributed by atoms with Gasteiger partial charge in [-0.15, -0.1) is 0 Å². The largest absolute Gasteiger partial charge is 0.381 e. The standard InChI is InChI=1S/C32H62N2O4/c1-13-20-37-21-16-27(35)34-25(2)15-22-38-26(3)14-19-33-28(36)32(11,12)24-31(9,10)18-17-30(7,8)23-29(4,5)6/h17-18,25-26H,13-16,19-24H2,1-12H3,(H,33,36)(H,34,35)/b18-17-. The quantitative estimate of drug-likeness (QED) is 0.136. The Morgan fingerprint density at radius 1 is 0.816 bits per heavy atom. The lowest BCUT2D eigenvalue weighted by Gasteiger charge is -2.34. The highest BCUT2D eigenvalue weighted by atomic mass is 16.5. The Bertz CT molecular complexity index is 719. The lowest BCUT2D eigenvalue weighted by molar-refractivity contribution is -0.130. The molecule has 0 heterocycles. The summed E-state index contributed by atoms with van der Waals surface area (Å²) in [6.45, 7) is 28.3. The number of allylic oxidation sites excluding steroid dienone is 2. The summed E-state index contributed by atoms with van der Waals surface area (Å²) in [7, 11) is 0. The second kappa shape index (κ2) is 16.6. The maximum Gasteiger partial charge on any atom is 0.225 e. The van der Waals surface area contributed by atoms with Gasteiger partial charge in [-0.2, -0.15) is 0 Å². The van der Waals surface area contributed by atoms with Gasteiger partial charge in [-0.1, -0.05) is 81.4 Å². The fourth-order valence-corrected chi connectivity index (χ4v) is 5.14. The molecule has 6 heteroatoms. The predicted molar refractivity (Wildman–Crippen MR) is 160 cm³/mol. The van der Waals surface area contributed by atoms with Crippen LogP contribution in [0.4, 0.5) is 0 Å². The maximum absolute atomic E-state index is 13.0. The highest BCUT2D eigenvalue weighted by Gasteiger charge is 2.34. The molecule has 0 aromatic carbocycles. The first-order valence-electron chi connectivity index (χ1n) is 14.8. The van der Waals surface area contributed by atoms with E-state index in [0.29, 0.717) is 32.8 Å². The first kappa shape index (κ1) is 36.6. The molecule has 0 aliphatic carbocycles. The number of carbonyl (C=O) groups excluding carboxylic acids is 2. The molecule has 0 aliphatic heterocycles. The van der Waals surface area contributed by atoms with Gasteiger partial charge in [0.05, 0.1) is 12.7 Å². The molecule has 2 unspecified atom stereocenters. The fraction of sp³-hybridized carbons (Fsp3) is 0.875. The lowest BCUT2D eigenvalue weighted by atomic mass is 9.71. The molecular formula is C32H62N2O4. The highest BCUT2D eigenvalue weighted by molar-refractivity contribution is 5.81. The number of rotatable bonds is 19. The van der Waals surface area contributed by atoms with Crippen molar-refractivity contribution in [2.45, 2.75) is 134 Å². The molecule has 0 aromatic heterocycles. The zero-order chi connectivity index (χ0) is 29.6. The fourth-order valence-electron chi connectivity index (χ4n) is 5.14. The van der Waals surface area contributed by atoms with Crippen molar-refractivity contribution in [3.05, 3.63) is 12.2 Å². The van der Waals surface area contributed by atoms with Crippen LogP contribution in [0.15, 0.2) is 12.2 Å². The number of nitrogens with one attached hydrogen (secondary N) is 2. The van der Waals surface area contributed by atoms with Crippen molar-refractivity contribution in [2.24, 2.45) is 21.7 Å². The van der Waals surface area contributed by atoms with E-state index in [1.165, 1.54) is 0 Å². The molecule has 2 atom stereocenters. The molecule has 0 rings (SSSR count). The van der Waals surface area contributed by atoms with Gasteiger partial charge in [0.25, 0.3) is 0 Å². The monoisotopic (exact) mass is 538 g/mol. The van der Waals surface area contributed by atoms with Gasteiger partial charge in [0.15, 0.2) is 0 Å². The van der Waals surface area contributed by atoms with Gasteiger partial charge in [-0.05, 0) is 62.2 Å². The van der Waals surface area contributed by atoms with Crippen molar-refractivity contribution in [1.82, 2.24) is 10.6 Å². The van der Waals surface area contributed by atoms with E-state index in [1.54, 1.807) is 0 Å². The average Bonchev–Trinajstić information content (AvgIpc) is 2.73. The van der Waals surface area contributed by atoms with E-state index >= 15 is 0 Å². The maximum atomic E-state index is 13.0. The summed E-state index contributed by atoms with van der Waals surface area (Å²) in [5.74, 6) is 0.0960. The normalized spacial score (nSPS) is 14.9. The minimum Gasteiger partial charge on any atom is -0.381 e. The first-order valence-corrected chi connectivity index (χ1v) is 14.8. The van der Waals surface area contributed by atoms with E-state index in [-0.39, 0.29) is 40.2 Å². The molecule has 2 N–H and O–H groups in total. The number of carbonyl (C=O) groups is 2. The van der Waals surface area contributed by atoms with Crippen LogP contribution in [0.3, 0.4) is 0 Å². The molecule has 224 valence electrons. The molecule has 0 aromatic rings. The number of hydrogen-bond acceptors (Lipinski definition) is 4. The molecule has 0 bridgehead atoms. The lowest BCUT2D eigenvalue weighted by Crippen LogP contribution is -2.40. The molecule has 0 radical (unpaired) electrons. The summed E-state index contributed by atoms with van der Waals surface area (Å²) in [6, 6.07) is 0.0535. The smallest absolute Gasteiger partial charge is 0.225 e. The molecule has 38 heavy (non-hydrogen) atoms. The Morgan fingerprint density at radius 3 is 1.95 bits per heavy atom. The van der Waals surface area contributed by atoms with Gasteiger partial charge in [-0.3, -0.25) is 9.59 Å². The number of hydrogen-bond donors (Lipinski definition) is 2. The van der Waals surface area contributed by atoms with Gasteiger partial charge in [-0.25, -0.2) is 0 Å². The second-order valence-corrected chi connectivity index (χ2v) is 14.5. The van der Waals surface area contributed by atoms with Crippen molar-refractivity contribution in [2.75, 3.05) is 26.4 Å². The summed E-state index contributed by atoms with van der Waals surface area (Å²) in [6.07, 6.45) is 9.40. The summed E-state index contributed by atoms with van der Waals surface area (Å²) >= 11 is 0. The second-order valence-electron chi connectivity index (χ2n) is 14.5. The van der Waals surface area contributed by atoms with Crippen LogP contribution >= 0.6 is 0 Å². The number of ether oxygens (including phenoxy) is 2. The molecular weight excluding hydrogens is 476 g/mol. The Morgan fingerprint density at radius 2 is 1.39 bits per heavy atom. The van der Waals surface area contributed by atoms with Gasteiger partial charge >= 0.3 is 0 Å². The summed E-state index contributed by atoms with van der Waals surface area (Å²) in [5.41, 5.74) is -0.164. The summed E-state index contributed by atoms with van der Waals surface area (Å²) < 4.78 is 11.3. The van der Waals surface area contributed by atoms with Crippen molar-refractivity contribution in [1.29, 1.82) is 0 Å². The minimum atomic E-state index is -0.471. The minimum absolute atomic E-state index is 0.0132. The van der Waals surface area contributed by atoms with Crippen molar-refractivity contribution in [3.63, 3.8) is 0 Å². The Balaban J connectivity index is 4.41. The van der Waals surface area contributed by atoms with E-state index in [4.69, 9.17) is 9.47 Å². The van der Waals surface area contributed by atoms with Crippen molar-refractivity contribution >= 4 is 11.8 Å². The summed E-state index contributed by atoms with van der Waals surface area (Å²) in [4.78, 5) is 24.9. The van der Waals surface area contributed by atoms with Crippen LogP contribution in [0.5, 0.6) is 0 Å². The SMILES string of the molecule is CCCOCCC(=O)NC(C)CCOC(C)CCNC(=O)C(C)(C)CC(C)(C)/C=C\C(C)(C)CC(C)(C)C. The molecule has 0 spiro atoms. The van der Waals surface area contributed by atoms with Crippen LogP contribution < -0.4 is 10.6 Å². The topological polar surface area (TPSA) is 76.7 Å². The molecule has 0 aliphatic rings. The third-order valence-electron chi connectivity index (χ3n) is 6.50. The molecule has 0 saturated heterocycles. The van der Waals surface area contributed by atoms with Crippen LogP contribution in [0.2, 0.25) is 0 Å². The third kappa shape index (κ3) is 18.8. The van der Waals surface area contributed by atoms with Crippen molar-refractivity contribution in [3.8, 4) is 0 Å². The Labute approximate surface area is 235 Å². The van der Waals surface area contributed by atoms with Crippen molar-refractivity contribution < 1.29 is 19.1 Å². The van der Waals surface area contributed by atoms with Gasteiger partial charge in [0, 0.05) is 37.6 Å². The van der Waals surface area contributed by atoms with E-state index in [0.717, 1.165) is 32.1 Å². The number of amides is 2. The molecule has 0 saturated carbocycles. The molecule has 6 nitrogen and oxygen atoms in total. The highest BCUT2D eigenvalue weighted by Crippen LogP contribution is 2.39. The average molecular weight is 539 g/mol. The zero-order valence-corrected chi connectivity index (χ0v) is 27.0. The Kier molecular flexibility index (Phi) is 16.0. The van der Waals surface area contributed by atoms with Crippen LogP contribution in [0, 0.1) is 21.7 Å².